The number of esters is 1. The molecule has 1 aromatic heterocycles. The third kappa shape index (κ3) is 5.28. The fourth-order valence-corrected chi connectivity index (χ4v) is 4.45. The molecule has 0 saturated carbocycles. The Morgan fingerprint density at radius 2 is 1.96 bits per heavy atom. The lowest BCUT2D eigenvalue weighted by molar-refractivity contribution is -0.121. The number of aryl methyl sites for hydroxylation is 1. The van der Waals surface area contributed by atoms with Crippen molar-refractivity contribution in [2.45, 2.75) is 45.4 Å². The minimum absolute atomic E-state index is 0.0399. The van der Waals surface area contributed by atoms with Gasteiger partial charge in [0.25, 0.3) is 0 Å². The molecule has 2 rings (SSSR count). The maximum Gasteiger partial charge on any atom is 0.341 e. The maximum absolute atomic E-state index is 12.5. The van der Waals surface area contributed by atoms with Gasteiger partial charge in [0, 0.05) is 4.88 Å². The molecule has 26 heavy (non-hydrogen) atoms. The highest BCUT2D eigenvalue weighted by Gasteiger charge is 2.27. The second-order valence-corrected chi connectivity index (χ2v) is 7.59. The molecule has 1 aromatic rings. The Balaban J connectivity index is 2.13. The highest BCUT2D eigenvalue weighted by atomic mass is 32.1. The van der Waals surface area contributed by atoms with Crippen molar-refractivity contribution >= 4 is 34.1 Å². The van der Waals surface area contributed by atoms with E-state index in [1.165, 1.54) is 18.4 Å². The van der Waals surface area contributed by atoms with Crippen LogP contribution in [0.3, 0.4) is 0 Å². The van der Waals surface area contributed by atoms with Crippen molar-refractivity contribution in [1.82, 2.24) is 4.90 Å². The van der Waals surface area contributed by atoms with Gasteiger partial charge in [-0.1, -0.05) is 13.3 Å². The highest BCUT2D eigenvalue weighted by Crippen LogP contribution is 2.38. The average Bonchev–Trinajstić information content (AvgIpc) is 2.96. The van der Waals surface area contributed by atoms with Crippen LogP contribution in [0.25, 0.3) is 0 Å². The van der Waals surface area contributed by atoms with Gasteiger partial charge in [0.2, 0.25) is 11.8 Å². The summed E-state index contributed by atoms with van der Waals surface area (Å²) in [5.41, 5.74) is 6.76. The Kier molecular flexibility index (Phi) is 7.59. The van der Waals surface area contributed by atoms with Gasteiger partial charge in [0.1, 0.15) is 5.00 Å². The van der Waals surface area contributed by atoms with Crippen molar-refractivity contribution < 1.29 is 19.1 Å². The molecule has 1 heterocycles. The molecule has 7 nitrogen and oxygen atoms in total. The molecule has 0 spiro atoms. The van der Waals surface area contributed by atoms with E-state index in [4.69, 9.17) is 10.5 Å². The van der Waals surface area contributed by atoms with Crippen LogP contribution in [0.5, 0.6) is 0 Å². The van der Waals surface area contributed by atoms with E-state index in [0.29, 0.717) is 17.1 Å². The first kappa shape index (κ1) is 20.4. The number of thiophene rings is 1. The zero-order valence-corrected chi connectivity index (χ0v) is 16.2. The molecule has 1 aliphatic carbocycles. The van der Waals surface area contributed by atoms with Crippen molar-refractivity contribution in [3.8, 4) is 0 Å². The van der Waals surface area contributed by atoms with Gasteiger partial charge in [0.05, 0.1) is 25.8 Å². The van der Waals surface area contributed by atoms with Gasteiger partial charge >= 0.3 is 5.97 Å². The highest BCUT2D eigenvalue weighted by molar-refractivity contribution is 7.17. The van der Waals surface area contributed by atoms with Gasteiger partial charge in [-0.15, -0.1) is 11.3 Å². The Morgan fingerprint density at radius 3 is 2.62 bits per heavy atom. The predicted molar refractivity (Wildman–Crippen MR) is 101 cm³/mol. The number of primary amides is 1. The van der Waals surface area contributed by atoms with E-state index in [1.54, 1.807) is 4.90 Å². The van der Waals surface area contributed by atoms with Crippen molar-refractivity contribution in [3.05, 3.63) is 16.0 Å². The molecule has 144 valence electrons. The van der Waals surface area contributed by atoms with E-state index in [1.807, 2.05) is 6.92 Å². The second-order valence-electron chi connectivity index (χ2n) is 6.49. The number of fused-ring (bicyclic) bond motifs is 1. The van der Waals surface area contributed by atoms with Gasteiger partial charge in [-0.05, 0) is 44.2 Å². The van der Waals surface area contributed by atoms with Crippen molar-refractivity contribution in [2.75, 3.05) is 32.1 Å². The molecule has 3 N–H and O–H groups in total. The minimum Gasteiger partial charge on any atom is -0.465 e. The molecule has 0 saturated heterocycles. The van der Waals surface area contributed by atoms with Gasteiger partial charge in [-0.2, -0.15) is 0 Å². The predicted octanol–water partition coefficient (Wildman–Crippen LogP) is 1.94. The zero-order chi connectivity index (χ0) is 19.1. The van der Waals surface area contributed by atoms with Crippen LogP contribution in [0.1, 0.15) is 53.4 Å². The zero-order valence-electron chi connectivity index (χ0n) is 15.4. The molecule has 0 unspecified atom stereocenters. The number of nitrogens with zero attached hydrogens (tertiary/aromatic N) is 1. The number of carbonyl (C=O) groups excluding carboxylic acids is 3. The first-order chi connectivity index (χ1) is 12.5. The van der Waals surface area contributed by atoms with Crippen LogP contribution in [0.2, 0.25) is 0 Å². The number of hydrogen-bond donors (Lipinski definition) is 2. The summed E-state index contributed by atoms with van der Waals surface area (Å²) in [7, 11) is 1.35. The number of methoxy groups -OCH3 is 1. The van der Waals surface area contributed by atoms with E-state index in [0.717, 1.165) is 49.0 Å². The van der Waals surface area contributed by atoms with Gasteiger partial charge in [-0.3, -0.25) is 14.5 Å². The van der Waals surface area contributed by atoms with Crippen LogP contribution in [0.4, 0.5) is 5.00 Å². The van der Waals surface area contributed by atoms with E-state index in [2.05, 4.69) is 5.32 Å². The Morgan fingerprint density at radius 1 is 1.23 bits per heavy atom. The second kappa shape index (κ2) is 9.68. The largest absolute Gasteiger partial charge is 0.465 e. The number of nitrogens with one attached hydrogen (secondary N) is 1. The number of carbonyl (C=O) groups is 3. The lowest BCUT2D eigenvalue weighted by Gasteiger charge is -2.19. The van der Waals surface area contributed by atoms with Crippen LogP contribution in [0, 0.1) is 0 Å². The number of amides is 2. The first-order valence-electron chi connectivity index (χ1n) is 8.99. The molecular weight excluding hydrogens is 354 g/mol. The number of anilines is 1. The van der Waals surface area contributed by atoms with Crippen LogP contribution in [-0.2, 0) is 27.2 Å². The Labute approximate surface area is 157 Å². The first-order valence-corrected chi connectivity index (χ1v) is 9.81. The third-order valence-electron chi connectivity index (χ3n) is 4.39. The summed E-state index contributed by atoms with van der Waals surface area (Å²) in [5.74, 6) is -1.14. The number of nitrogens with two attached hydrogens (primary N) is 1. The van der Waals surface area contributed by atoms with Crippen molar-refractivity contribution in [1.29, 1.82) is 0 Å². The van der Waals surface area contributed by atoms with Crippen molar-refractivity contribution in [3.63, 3.8) is 0 Å². The number of rotatable bonds is 9. The van der Waals surface area contributed by atoms with Crippen molar-refractivity contribution in [2.24, 2.45) is 5.73 Å². The molecule has 0 atom stereocenters. The summed E-state index contributed by atoms with van der Waals surface area (Å²) in [5, 5.41) is 3.39. The summed E-state index contributed by atoms with van der Waals surface area (Å²) < 4.78 is 4.91. The molecule has 8 heteroatoms. The lowest BCUT2D eigenvalue weighted by Crippen LogP contribution is -2.39. The number of hydrogen-bond acceptors (Lipinski definition) is 6. The van der Waals surface area contributed by atoms with E-state index < -0.39 is 11.9 Å². The van der Waals surface area contributed by atoms with Gasteiger partial charge < -0.3 is 15.8 Å². The Bertz CT molecular complexity index is 672. The van der Waals surface area contributed by atoms with E-state index >= 15 is 0 Å². The van der Waals surface area contributed by atoms with Crippen LogP contribution < -0.4 is 11.1 Å². The number of ether oxygens (including phenoxy) is 1. The monoisotopic (exact) mass is 381 g/mol. The summed E-state index contributed by atoms with van der Waals surface area (Å²) >= 11 is 1.45. The van der Waals surface area contributed by atoms with Gasteiger partial charge in [0.15, 0.2) is 0 Å². The van der Waals surface area contributed by atoms with Crippen LogP contribution in [0.15, 0.2) is 0 Å². The average molecular weight is 381 g/mol. The fraction of sp³-hybridized carbons (Fsp3) is 0.611. The lowest BCUT2D eigenvalue weighted by atomic mass is 9.95. The smallest absolute Gasteiger partial charge is 0.341 e. The minimum atomic E-state index is -0.462. The third-order valence-corrected chi connectivity index (χ3v) is 5.60. The SMILES string of the molecule is CCCCN(CC(N)=O)CC(=O)Nc1sc2c(c1C(=O)OC)CCCC2. The molecule has 0 aliphatic heterocycles. The summed E-state index contributed by atoms with van der Waals surface area (Å²) in [6, 6.07) is 0. The molecular formula is C18H27N3O4S. The molecule has 2 amide bonds. The molecule has 0 aromatic carbocycles. The maximum atomic E-state index is 12.5. The molecule has 0 fully saturated rings. The standard InChI is InChI=1S/C18H27N3O4S/c1-3-4-9-21(10-14(19)22)11-15(23)20-17-16(18(24)25-2)12-7-5-6-8-13(12)26-17/h3-11H2,1-2H3,(H2,19,22)(H,20,23). The van der Waals surface area contributed by atoms with Crippen LogP contribution >= 0.6 is 11.3 Å². The van der Waals surface area contributed by atoms with Gasteiger partial charge in [-0.25, -0.2) is 4.79 Å². The van der Waals surface area contributed by atoms with E-state index in [-0.39, 0.29) is 19.0 Å². The molecule has 0 bridgehead atoms. The fourth-order valence-electron chi connectivity index (χ4n) is 3.16. The normalized spacial score (nSPS) is 13.3. The topological polar surface area (TPSA) is 102 Å². The molecule has 1 aliphatic rings. The van der Waals surface area contributed by atoms with E-state index in [9.17, 15) is 14.4 Å². The summed E-state index contributed by atoms with van der Waals surface area (Å²) in [4.78, 5) is 38.8. The summed E-state index contributed by atoms with van der Waals surface area (Å²) in [6.45, 7) is 2.77. The Hall–Kier alpha value is -1.93. The van der Waals surface area contributed by atoms with Crippen LogP contribution in [-0.4, -0.2) is 49.4 Å². The molecule has 0 radical (unpaired) electrons. The summed E-state index contributed by atoms with van der Waals surface area (Å²) in [6.07, 6.45) is 5.71. The quantitative estimate of drug-likeness (QED) is 0.637. The number of unbranched alkanes of at least 4 members (excludes halogenated alkanes) is 1.